The lowest BCUT2D eigenvalue weighted by atomic mass is 10.2. The van der Waals surface area contributed by atoms with Gasteiger partial charge < -0.3 is 0 Å². The molecule has 0 N–H and O–H groups in total. The lowest BCUT2D eigenvalue weighted by Crippen LogP contribution is -2.04. The van der Waals surface area contributed by atoms with Crippen LogP contribution in [0.15, 0.2) is 94.4 Å². The molecule has 0 fully saturated rings. The number of aryl methyl sites for hydroxylation is 1. The molecule has 0 bridgehead atoms. The number of benzene rings is 1. The van der Waals surface area contributed by atoms with E-state index in [2.05, 4.69) is 83.7 Å². The van der Waals surface area contributed by atoms with E-state index >= 15 is 0 Å². The first-order valence-electron chi connectivity index (χ1n) is 9.00. The van der Waals surface area contributed by atoms with Crippen molar-refractivity contribution in [3.63, 3.8) is 0 Å². The van der Waals surface area contributed by atoms with Crippen LogP contribution in [-0.4, -0.2) is 9.63 Å². The predicted octanol–water partition coefficient (Wildman–Crippen LogP) is 9.30. The second-order valence-corrected chi connectivity index (χ2v) is 13.6. The first-order valence-corrected chi connectivity index (χ1v) is 14.2. The summed E-state index contributed by atoms with van der Waals surface area (Å²) in [5.41, 5.74) is 2.28. The minimum absolute atomic E-state index is 0.379. The van der Waals surface area contributed by atoms with Crippen LogP contribution in [0.1, 0.15) is 12.0 Å². The lowest BCUT2D eigenvalue weighted by molar-refractivity contribution is 1.25. The van der Waals surface area contributed by atoms with E-state index in [1.807, 2.05) is 46.2 Å². The first kappa shape index (κ1) is 21.3. The molecule has 0 saturated carbocycles. The largest absolute Gasteiger partial charge is 0.246 e. The van der Waals surface area contributed by atoms with Crippen molar-refractivity contribution < 1.29 is 0 Å². The molecule has 1 aromatic carbocycles. The van der Waals surface area contributed by atoms with Gasteiger partial charge in [-0.05, 0) is 53.4 Å². The summed E-state index contributed by atoms with van der Waals surface area (Å²) in [5.74, 6) is 0. The van der Waals surface area contributed by atoms with Gasteiger partial charge in [-0.2, -0.15) is 0 Å². The van der Waals surface area contributed by atoms with Gasteiger partial charge in [0.15, 0.2) is 0 Å². The summed E-state index contributed by atoms with van der Waals surface area (Å²) < 4.78 is 4.38. The van der Waals surface area contributed by atoms with Crippen molar-refractivity contribution in [2.75, 3.05) is 0 Å². The number of thioether (sulfide) groups is 3. The number of hydrogen-bond acceptors (Lipinski definition) is 7. The molecular formula is C22H19NS6. The van der Waals surface area contributed by atoms with Gasteiger partial charge in [-0.3, -0.25) is 0 Å². The third kappa shape index (κ3) is 6.77. The Morgan fingerprint density at radius 3 is 1.86 bits per heavy atom. The molecule has 0 aliphatic heterocycles. The zero-order valence-corrected chi connectivity index (χ0v) is 20.6. The molecule has 4 rings (SSSR count). The van der Waals surface area contributed by atoms with Crippen molar-refractivity contribution >= 4 is 80.0 Å². The summed E-state index contributed by atoms with van der Waals surface area (Å²) in [7, 11) is 0. The van der Waals surface area contributed by atoms with Gasteiger partial charge in [-0.25, -0.2) is 4.99 Å². The average molecular weight is 490 g/mol. The maximum atomic E-state index is 5.04. The van der Waals surface area contributed by atoms with Crippen LogP contribution in [0.25, 0.3) is 0 Å². The van der Waals surface area contributed by atoms with Gasteiger partial charge >= 0.3 is 0 Å². The highest BCUT2D eigenvalue weighted by Crippen LogP contribution is 2.43. The van der Waals surface area contributed by atoms with Crippen LogP contribution in [0.5, 0.6) is 0 Å². The maximum absolute atomic E-state index is 5.04. The van der Waals surface area contributed by atoms with E-state index in [4.69, 9.17) is 4.99 Å². The summed E-state index contributed by atoms with van der Waals surface area (Å²) in [4.78, 5) is 5.04. The third-order valence-corrected chi connectivity index (χ3v) is 10.5. The van der Waals surface area contributed by atoms with Crippen LogP contribution in [0, 0.1) is 6.92 Å². The second-order valence-electron chi connectivity index (χ2n) is 6.11. The molecule has 0 spiro atoms. The van der Waals surface area contributed by atoms with Crippen LogP contribution in [0.4, 0.5) is 5.69 Å². The molecule has 0 unspecified atom stereocenters. The standard InChI is InChI=1S/C22H19NS6/c1-16-8-10-17(11-9-16)23-18(27-19-5-2-12-24-19)15-22(28-20-6-3-13-25-20)29-21-7-4-14-26-21/h2-14,22H,15H2,1H3. The number of thiophene rings is 3. The molecule has 29 heavy (non-hydrogen) atoms. The van der Waals surface area contributed by atoms with Gasteiger partial charge in [0.2, 0.25) is 0 Å². The number of rotatable bonds is 8. The third-order valence-electron chi connectivity index (χ3n) is 3.83. The average Bonchev–Trinajstić information content (AvgIpc) is 3.47. The van der Waals surface area contributed by atoms with Gasteiger partial charge in [0, 0.05) is 6.42 Å². The van der Waals surface area contributed by atoms with Crippen molar-refractivity contribution in [3.8, 4) is 0 Å². The Morgan fingerprint density at radius 1 is 0.793 bits per heavy atom. The molecule has 3 heterocycles. The van der Waals surface area contributed by atoms with Gasteiger partial charge in [0.05, 0.1) is 27.9 Å². The Bertz CT molecular complexity index is 966. The zero-order chi connectivity index (χ0) is 19.9. The van der Waals surface area contributed by atoms with E-state index in [1.54, 1.807) is 23.1 Å². The Kier molecular flexibility index (Phi) is 7.99. The first-order chi connectivity index (χ1) is 14.2. The van der Waals surface area contributed by atoms with Gasteiger partial charge in [-0.1, -0.05) is 47.7 Å². The van der Waals surface area contributed by atoms with E-state index in [0.717, 1.165) is 17.2 Å². The smallest absolute Gasteiger partial charge is 0.0813 e. The van der Waals surface area contributed by atoms with Gasteiger partial charge in [0.1, 0.15) is 0 Å². The topological polar surface area (TPSA) is 12.4 Å². The molecule has 0 aliphatic carbocycles. The number of nitrogens with zero attached hydrogens (tertiary/aromatic N) is 1. The molecule has 0 amide bonds. The van der Waals surface area contributed by atoms with E-state index in [1.165, 1.54) is 18.2 Å². The van der Waals surface area contributed by atoms with Crippen molar-refractivity contribution in [1.29, 1.82) is 0 Å². The zero-order valence-electron chi connectivity index (χ0n) is 15.7. The molecule has 148 valence electrons. The van der Waals surface area contributed by atoms with Gasteiger partial charge in [-0.15, -0.1) is 57.5 Å². The molecule has 7 heteroatoms. The Balaban J connectivity index is 1.58. The highest BCUT2D eigenvalue weighted by atomic mass is 32.2. The Labute approximate surface area is 196 Å². The fourth-order valence-corrected chi connectivity index (χ4v) is 9.43. The van der Waals surface area contributed by atoms with Gasteiger partial charge in [0.25, 0.3) is 0 Å². The minimum atomic E-state index is 0.379. The fraction of sp³-hybridized carbons (Fsp3) is 0.136. The van der Waals surface area contributed by atoms with E-state index < -0.39 is 0 Å². The SMILES string of the molecule is Cc1ccc(N=C(CC(Sc2cccs2)Sc2cccs2)Sc2cccs2)cc1. The summed E-state index contributed by atoms with van der Waals surface area (Å²) in [5, 5.41) is 7.59. The fourth-order valence-electron chi connectivity index (χ4n) is 2.48. The monoisotopic (exact) mass is 489 g/mol. The molecule has 0 saturated heterocycles. The Hall–Kier alpha value is -0.960. The number of hydrogen-bond donors (Lipinski definition) is 0. The van der Waals surface area contributed by atoms with E-state index in [-0.39, 0.29) is 0 Å². The summed E-state index contributed by atoms with van der Waals surface area (Å²) in [6.45, 7) is 2.11. The minimum Gasteiger partial charge on any atom is -0.246 e. The molecule has 0 atom stereocenters. The lowest BCUT2D eigenvalue weighted by Gasteiger charge is -2.16. The molecule has 0 aliphatic rings. The number of aliphatic imine (C=N–C) groups is 1. The maximum Gasteiger partial charge on any atom is 0.0813 e. The van der Waals surface area contributed by atoms with E-state index in [0.29, 0.717) is 4.58 Å². The van der Waals surface area contributed by atoms with Crippen molar-refractivity contribution in [1.82, 2.24) is 0 Å². The molecule has 3 aromatic heterocycles. The summed E-state index contributed by atoms with van der Waals surface area (Å²) >= 11 is 11.1. The van der Waals surface area contributed by atoms with Crippen LogP contribution in [0.3, 0.4) is 0 Å². The summed E-state index contributed by atoms with van der Waals surface area (Å²) in [6.07, 6.45) is 0.918. The van der Waals surface area contributed by atoms with Crippen LogP contribution in [-0.2, 0) is 0 Å². The van der Waals surface area contributed by atoms with Crippen molar-refractivity contribution in [2.24, 2.45) is 4.99 Å². The van der Waals surface area contributed by atoms with Crippen LogP contribution >= 0.6 is 69.3 Å². The van der Waals surface area contributed by atoms with Crippen LogP contribution < -0.4 is 0 Å². The second kappa shape index (κ2) is 10.9. The summed E-state index contributed by atoms with van der Waals surface area (Å²) in [6, 6.07) is 21.4. The predicted molar refractivity (Wildman–Crippen MR) is 137 cm³/mol. The quantitative estimate of drug-likeness (QED) is 0.106. The molecule has 1 nitrogen and oxygen atoms in total. The normalized spacial score (nSPS) is 12.0. The molecule has 4 aromatic rings. The highest BCUT2D eigenvalue weighted by Gasteiger charge is 2.18. The molecule has 0 radical (unpaired) electrons. The highest BCUT2D eigenvalue weighted by molar-refractivity contribution is 8.19. The Morgan fingerprint density at radius 2 is 1.34 bits per heavy atom. The molecular weight excluding hydrogens is 471 g/mol. The van der Waals surface area contributed by atoms with Crippen molar-refractivity contribution in [2.45, 2.75) is 30.6 Å². The van der Waals surface area contributed by atoms with E-state index in [9.17, 15) is 0 Å². The van der Waals surface area contributed by atoms with Crippen molar-refractivity contribution in [3.05, 3.63) is 82.4 Å². The van der Waals surface area contributed by atoms with Crippen LogP contribution in [0.2, 0.25) is 0 Å².